The lowest BCUT2D eigenvalue weighted by atomic mass is 10.1. The monoisotopic (exact) mass is 427 g/mol. The molecule has 0 radical (unpaired) electrons. The summed E-state index contributed by atoms with van der Waals surface area (Å²) in [6.45, 7) is 5.30. The molecule has 136 valence electrons. The van der Waals surface area contributed by atoms with Gasteiger partial charge in [0.15, 0.2) is 0 Å². The van der Waals surface area contributed by atoms with Crippen LogP contribution >= 0.6 is 15.9 Å². The minimum Gasteiger partial charge on any atom is -0.491 e. The lowest BCUT2D eigenvalue weighted by Gasteiger charge is -2.15. The largest absolute Gasteiger partial charge is 0.491 e. The molecule has 0 fully saturated rings. The second-order valence-electron chi connectivity index (χ2n) is 5.41. The van der Waals surface area contributed by atoms with Crippen molar-refractivity contribution >= 4 is 26.0 Å². The molecule has 5 nitrogen and oxygen atoms in total. The van der Waals surface area contributed by atoms with E-state index in [4.69, 9.17) is 9.47 Å². The van der Waals surface area contributed by atoms with E-state index < -0.39 is 10.0 Å². The molecule has 0 spiro atoms. The number of halogens is 1. The molecule has 0 aromatic heterocycles. The highest BCUT2D eigenvalue weighted by molar-refractivity contribution is 9.10. The van der Waals surface area contributed by atoms with Crippen molar-refractivity contribution in [1.82, 2.24) is 4.72 Å². The number of hydrogen-bond donors (Lipinski definition) is 1. The Labute approximate surface area is 157 Å². The fourth-order valence-corrected chi connectivity index (χ4v) is 3.87. The average Bonchev–Trinajstić information content (AvgIpc) is 2.59. The highest BCUT2D eigenvalue weighted by Crippen LogP contribution is 2.21. The highest BCUT2D eigenvalue weighted by Gasteiger charge is 2.18. The third-order valence-corrected chi connectivity index (χ3v) is 5.57. The van der Waals surface area contributed by atoms with Crippen LogP contribution in [0.4, 0.5) is 0 Å². The van der Waals surface area contributed by atoms with Crippen LogP contribution in [0.25, 0.3) is 0 Å². The summed E-state index contributed by atoms with van der Waals surface area (Å²) in [5.74, 6) is 0.610. The maximum Gasteiger partial charge on any atom is 0.241 e. The van der Waals surface area contributed by atoms with Crippen LogP contribution in [-0.2, 0) is 14.8 Å². The van der Waals surface area contributed by atoms with Crippen LogP contribution in [0.3, 0.4) is 0 Å². The zero-order valence-electron chi connectivity index (χ0n) is 14.2. The quantitative estimate of drug-likeness (QED) is 0.616. The summed E-state index contributed by atoms with van der Waals surface area (Å²) in [4.78, 5) is 0.200. The standard InChI is InChI=1S/C18H22BrNO4S/c1-3-23-11-12-24-17-7-9-18(10-8-17)25(21,22)20-14(2)15-5-4-6-16(19)13-15/h4-10,13-14,20H,3,11-12H2,1-2H3. The molecular formula is C18H22BrNO4S. The first kappa shape index (κ1) is 19.9. The van der Waals surface area contributed by atoms with Crippen LogP contribution < -0.4 is 9.46 Å². The van der Waals surface area contributed by atoms with Crippen LogP contribution in [0.15, 0.2) is 57.9 Å². The molecule has 0 heterocycles. The number of nitrogens with one attached hydrogen (secondary N) is 1. The molecule has 0 bridgehead atoms. The van der Waals surface area contributed by atoms with Crippen molar-refractivity contribution in [3.63, 3.8) is 0 Å². The Morgan fingerprint density at radius 3 is 2.48 bits per heavy atom. The topological polar surface area (TPSA) is 64.6 Å². The summed E-state index contributed by atoms with van der Waals surface area (Å²) < 4.78 is 39.3. The molecule has 1 unspecified atom stereocenters. The number of ether oxygens (including phenoxy) is 2. The molecule has 2 aromatic rings. The summed E-state index contributed by atoms with van der Waals surface area (Å²) in [6.07, 6.45) is 0. The molecule has 2 rings (SSSR count). The summed E-state index contributed by atoms with van der Waals surface area (Å²) >= 11 is 3.39. The first-order valence-corrected chi connectivity index (χ1v) is 10.3. The molecule has 0 saturated heterocycles. The first-order valence-electron chi connectivity index (χ1n) is 8.01. The average molecular weight is 428 g/mol. The molecule has 0 saturated carbocycles. The summed E-state index contributed by atoms with van der Waals surface area (Å²) in [5.41, 5.74) is 0.883. The normalized spacial score (nSPS) is 12.8. The lowest BCUT2D eigenvalue weighted by molar-refractivity contribution is 0.110. The van der Waals surface area contributed by atoms with Crippen LogP contribution in [0.1, 0.15) is 25.5 Å². The first-order chi connectivity index (χ1) is 11.9. The fraction of sp³-hybridized carbons (Fsp3) is 0.333. The van der Waals surface area contributed by atoms with E-state index in [2.05, 4.69) is 20.7 Å². The Hall–Kier alpha value is -1.41. The van der Waals surface area contributed by atoms with Gasteiger partial charge in [-0.15, -0.1) is 0 Å². The Balaban J connectivity index is 2.01. The maximum absolute atomic E-state index is 12.5. The zero-order chi connectivity index (χ0) is 18.3. The third-order valence-electron chi connectivity index (χ3n) is 3.52. The van der Waals surface area contributed by atoms with Crippen molar-refractivity contribution in [1.29, 1.82) is 0 Å². The van der Waals surface area contributed by atoms with Crippen molar-refractivity contribution in [2.75, 3.05) is 19.8 Å². The van der Waals surface area contributed by atoms with Crippen molar-refractivity contribution in [3.05, 3.63) is 58.6 Å². The van der Waals surface area contributed by atoms with Gasteiger partial charge in [0.25, 0.3) is 0 Å². The maximum atomic E-state index is 12.5. The van der Waals surface area contributed by atoms with Crippen molar-refractivity contribution in [2.24, 2.45) is 0 Å². The number of benzene rings is 2. The smallest absolute Gasteiger partial charge is 0.241 e. The van der Waals surface area contributed by atoms with E-state index in [0.29, 0.717) is 25.6 Å². The molecule has 0 aliphatic rings. The molecule has 1 N–H and O–H groups in total. The van der Waals surface area contributed by atoms with E-state index in [0.717, 1.165) is 10.0 Å². The zero-order valence-corrected chi connectivity index (χ0v) is 16.6. The van der Waals surface area contributed by atoms with Crippen molar-refractivity contribution in [2.45, 2.75) is 24.8 Å². The van der Waals surface area contributed by atoms with Gasteiger partial charge in [0, 0.05) is 17.1 Å². The van der Waals surface area contributed by atoms with Gasteiger partial charge in [-0.1, -0.05) is 28.1 Å². The second kappa shape index (κ2) is 9.33. The summed E-state index contributed by atoms with van der Waals surface area (Å²) in [5, 5.41) is 0. The van der Waals surface area contributed by atoms with E-state index in [1.165, 1.54) is 12.1 Å². The van der Waals surface area contributed by atoms with Crippen LogP contribution in [-0.4, -0.2) is 28.2 Å². The van der Waals surface area contributed by atoms with Crippen LogP contribution in [0.2, 0.25) is 0 Å². The van der Waals surface area contributed by atoms with Gasteiger partial charge >= 0.3 is 0 Å². The molecule has 0 aliphatic carbocycles. The molecule has 0 aliphatic heterocycles. The molecule has 25 heavy (non-hydrogen) atoms. The third kappa shape index (κ3) is 6.11. The SMILES string of the molecule is CCOCCOc1ccc(S(=O)(=O)NC(C)c2cccc(Br)c2)cc1. The van der Waals surface area contributed by atoms with Gasteiger partial charge < -0.3 is 9.47 Å². The molecular weight excluding hydrogens is 406 g/mol. The Kier molecular flexibility index (Phi) is 7.43. The second-order valence-corrected chi connectivity index (χ2v) is 8.04. The highest BCUT2D eigenvalue weighted by atomic mass is 79.9. The van der Waals surface area contributed by atoms with Gasteiger partial charge in [-0.05, 0) is 55.8 Å². The van der Waals surface area contributed by atoms with Crippen LogP contribution in [0.5, 0.6) is 5.75 Å². The van der Waals surface area contributed by atoms with Gasteiger partial charge in [0.05, 0.1) is 11.5 Å². The minimum atomic E-state index is -3.61. The Bertz CT molecular complexity index is 778. The van der Waals surface area contributed by atoms with Gasteiger partial charge in [-0.25, -0.2) is 13.1 Å². The van der Waals surface area contributed by atoms with Crippen LogP contribution in [0, 0.1) is 0 Å². The molecule has 0 amide bonds. The van der Waals surface area contributed by atoms with Gasteiger partial charge in [-0.2, -0.15) is 0 Å². The lowest BCUT2D eigenvalue weighted by Crippen LogP contribution is -2.26. The van der Waals surface area contributed by atoms with Crippen molar-refractivity contribution < 1.29 is 17.9 Å². The van der Waals surface area contributed by atoms with Gasteiger partial charge in [-0.3, -0.25) is 0 Å². The van der Waals surface area contributed by atoms with Crippen molar-refractivity contribution in [3.8, 4) is 5.75 Å². The predicted octanol–water partition coefficient (Wildman–Crippen LogP) is 3.90. The van der Waals surface area contributed by atoms with E-state index in [1.54, 1.807) is 12.1 Å². The van der Waals surface area contributed by atoms with E-state index in [1.807, 2.05) is 38.1 Å². The molecule has 2 aromatic carbocycles. The Morgan fingerprint density at radius 2 is 1.84 bits per heavy atom. The minimum absolute atomic E-state index is 0.200. The summed E-state index contributed by atoms with van der Waals surface area (Å²) in [7, 11) is -3.61. The fourth-order valence-electron chi connectivity index (χ4n) is 2.22. The summed E-state index contributed by atoms with van der Waals surface area (Å²) in [6, 6.07) is 13.6. The van der Waals surface area contributed by atoms with E-state index in [9.17, 15) is 8.42 Å². The number of sulfonamides is 1. The number of hydrogen-bond acceptors (Lipinski definition) is 4. The molecule has 1 atom stereocenters. The molecule has 7 heteroatoms. The van der Waals surface area contributed by atoms with E-state index in [-0.39, 0.29) is 10.9 Å². The van der Waals surface area contributed by atoms with Gasteiger partial charge in [0.2, 0.25) is 10.0 Å². The number of rotatable bonds is 9. The predicted molar refractivity (Wildman–Crippen MR) is 101 cm³/mol. The van der Waals surface area contributed by atoms with Gasteiger partial charge in [0.1, 0.15) is 12.4 Å². The Morgan fingerprint density at radius 1 is 1.12 bits per heavy atom. The van der Waals surface area contributed by atoms with E-state index >= 15 is 0 Å².